The second-order valence-corrected chi connectivity index (χ2v) is 5.70. The smallest absolute Gasteiger partial charge is 0.381 e. The molecule has 0 saturated heterocycles. The molecule has 0 aliphatic heterocycles. The Balaban J connectivity index is 2.05. The monoisotopic (exact) mass is 291 g/mol. The van der Waals surface area contributed by atoms with Crippen LogP contribution in [0.25, 0.3) is 0 Å². The summed E-state index contributed by atoms with van der Waals surface area (Å²) < 4.78 is 37.6. The van der Waals surface area contributed by atoms with E-state index in [0.717, 1.165) is 43.7 Å². The van der Waals surface area contributed by atoms with Crippen LogP contribution in [0.1, 0.15) is 38.2 Å². The third kappa shape index (κ3) is 3.78. The number of hydrogen-bond donors (Lipinski definition) is 1. The largest absolute Gasteiger partial charge is 0.416 e. The van der Waals surface area contributed by atoms with Crippen LogP contribution in [0.2, 0.25) is 5.02 Å². The van der Waals surface area contributed by atoms with Crippen LogP contribution in [0.4, 0.5) is 18.9 Å². The van der Waals surface area contributed by atoms with Gasteiger partial charge in [0.1, 0.15) is 0 Å². The molecule has 0 aromatic heterocycles. The maximum absolute atomic E-state index is 12.5. The summed E-state index contributed by atoms with van der Waals surface area (Å²) in [7, 11) is 0. The predicted molar refractivity (Wildman–Crippen MR) is 71.5 cm³/mol. The fourth-order valence-electron chi connectivity index (χ4n) is 2.43. The maximum atomic E-state index is 12.5. The van der Waals surface area contributed by atoms with Crippen molar-refractivity contribution >= 4 is 17.3 Å². The van der Waals surface area contributed by atoms with Gasteiger partial charge in [0, 0.05) is 6.04 Å². The molecule has 1 saturated carbocycles. The number of rotatable bonds is 2. The van der Waals surface area contributed by atoms with Gasteiger partial charge >= 0.3 is 6.18 Å². The van der Waals surface area contributed by atoms with E-state index in [1.807, 2.05) is 0 Å². The van der Waals surface area contributed by atoms with Crippen molar-refractivity contribution in [1.82, 2.24) is 0 Å². The van der Waals surface area contributed by atoms with Crippen LogP contribution >= 0.6 is 11.6 Å². The molecule has 0 radical (unpaired) electrons. The van der Waals surface area contributed by atoms with Gasteiger partial charge in [0.05, 0.1) is 16.3 Å². The Labute approximate surface area is 116 Å². The summed E-state index contributed by atoms with van der Waals surface area (Å²) in [6.45, 7) is 2.22. The second kappa shape index (κ2) is 5.61. The van der Waals surface area contributed by atoms with Gasteiger partial charge < -0.3 is 5.32 Å². The number of halogens is 4. The van der Waals surface area contributed by atoms with Gasteiger partial charge in [-0.2, -0.15) is 13.2 Å². The van der Waals surface area contributed by atoms with Crippen molar-refractivity contribution < 1.29 is 13.2 Å². The molecule has 1 nitrogen and oxygen atoms in total. The molecule has 1 fully saturated rings. The Kier molecular flexibility index (Phi) is 4.29. The van der Waals surface area contributed by atoms with Crippen molar-refractivity contribution in [3.8, 4) is 0 Å². The lowest BCUT2D eigenvalue weighted by atomic mass is 9.87. The van der Waals surface area contributed by atoms with E-state index in [-0.39, 0.29) is 5.02 Å². The molecule has 0 spiro atoms. The van der Waals surface area contributed by atoms with Crippen molar-refractivity contribution in [1.29, 1.82) is 0 Å². The quantitative estimate of drug-likeness (QED) is 0.774. The highest BCUT2D eigenvalue weighted by Gasteiger charge is 2.31. The van der Waals surface area contributed by atoms with Crippen LogP contribution < -0.4 is 5.32 Å². The predicted octanol–water partition coefficient (Wildman–Crippen LogP) is 5.35. The van der Waals surface area contributed by atoms with E-state index in [2.05, 4.69) is 12.2 Å². The van der Waals surface area contributed by atoms with E-state index in [0.29, 0.717) is 11.7 Å². The summed E-state index contributed by atoms with van der Waals surface area (Å²) in [4.78, 5) is 0. The number of anilines is 1. The lowest BCUT2D eigenvalue weighted by molar-refractivity contribution is -0.137. The van der Waals surface area contributed by atoms with Crippen molar-refractivity contribution in [3.63, 3.8) is 0 Å². The Morgan fingerprint density at radius 3 is 2.32 bits per heavy atom. The number of benzene rings is 1. The molecule has 0 bridgehead atoms. The maximum Gasteiger partial charge on any atom is 0.416 e. The molecular weight excluding hydrogens is 275 g/mol. The van der Waals surface area contributed by atoms with Crippen LogP contribution in [0.3, 0.4) is 0 Å². The zero-order valence-electron chi connectivity index (χ0n) is 10.7. The van der Waals surface area contributed by atoms with Gasteiger partial charge in [0.2, 0.25) is 0 Å². The van der Waals surface area contributed by atoms with Gasteiger partial charge in [0.25, 0.3) is 0 Å². The van der Waals surface area contributed by atoms with Gasteiger partial charge in [-0.05, 0) is 49.8 Å². The number of hydrogen-bond acceptors (Lipinski definition) is 1. The minimum Gasteiger partial charge on any atom is -0.381 e. The fraction of sp³-hybridized carbons (Fsp3) is 0.571. The first-order chi connectivity index (χ1) is 8.86. The lowest BCUT2D eigenvalue weighted by Crippen LogP contribution is -2.25. The van der Waals surface area contributed by atoms with E-state index >= 15 is 0 Å². The van der Waals surface area contributed by atoms with E-state index in [1.165, 1.54) is 6.07 Å². The third-order valence-corrected chi connectivity index (χ3v) is 3.98. The van der Waals surface area contributed by atoms with Gasteiger partial charge in [-0.15, -0.1) is 0 Å². The summed E-state index contributed by atoms with van der Waals surface area (Å²) in [6.07, 6.45) is 0.0331. The fourth-order valence-corrected chi connectivity index (χ4v) is 2.67. The van der Waals surface area contributed by atoms with Gasteiger partial charge in [-0.3, -0.25) is 0 Å². The molecule has 0 atom stereocenters. The zero-order valence-corrected chi connectivity index (χ0v) is 11.5. The molecule has 0 amide bonds. The molecule has 5 heteroatoms. The van der Waals surface area contributed by atoms with Crippen molar-refractivity contribution in [2.24, 2.45) is 5.92 Å². The molecule has 1 aromatic rings. The molecule has 106 valence electrons. The topological polar surface area (TPSA) is 12.0 Å². The summed E-state index contributed by atoms with van der Waals surface area (Å²) in [5.74, 6) is 0.737. The van der Waals surface area contributed by atoms with Gasteiger partial charge in [0.15, 0.2) is 0 Å². The van der Waals surface area contributed by atoms with Crippen molar-refractivity contribution in [2.75, 3.05) is 5.32 Å². The summed E-state index contributed by atoms with van der Waals surface area (Å²) in [5.41, 5.74) is -0.116. The normalized spacial score (nSPS) is 24.3. The van der Waals surface area contributed by atoms with Crippen molar-refractivity contribution in [3.05, 3.63) is 28.8 Å². The van der Waals surface area contributed by atoms with E-state index in [1.54, 1.807) is 0 Å². The highest BCUT2D eigenvalue weighted by molar-refractivity contribution is 6.33. The standard InChI is InChI=1S/C14H17ClF3N/c1-9-2-5-11(6-3-9)19-13-7-4-10(8-12(13)15)14(16,17)18/h4,7-9,11,19H,2-3,5-6H2,1H3. The molecule has 1 aromatic carbocycles. The first-order valence-electron chi connectivity index (χ1n) is 6.49. The Hall–Kier alpha value is -0.900. The molecule has 1 N–H and O–H groups in total. The highest BCUT2D eigenvalue weighted by Crippen LogP contribution is 2.35. The molecule has 0 heterocycles. The first-order valence-corrected chi connectivity index (χ1v) is 6.87. The van der Waals surface area contributed by atoms with E-state index in [4.69, 9.17) is 11.6 Å². The SMILES string of the molecule is CC1CCC(Nc2ccc(C(F)(F)F)cc2Cl)CC1. The lowest BCUT2D eigenvalue weighted by Gasteiger charge is -2.28. The van der Waals surface area contributed by atoms with E-state index in [9.17, 15) is 13.2 Å². The van der Waals surface area contributed by atoms with Crippen LogP contribution in [0, 0.1) is 5.92 Å². The minimum atomic E-state index is -4.34. The minimum absolute atomic E-state index is 0.133. The Bertz CT molecular complexity index is 437. The third-order valence-electron chi connectivity index (χ3n) is 3.67. The number of alkyl halides is 3. The number of nitrogens with one attached hydrogen (secondary N) is 1. The molecular formula is C14H17ClF3N. The van der Waals surface area contributed by atoms with Gasteiger partial charge in [-0.1, -0.05) is 18.5 Å². The van der Waals surface area contributed by atoms with Gasteiger partial charge in [-0.25, -0.2) is 0 Å². The molecule has 1 aliphatic rings. The zero-order chi connectivity index (χ0) is 14.0. The first kappa shape index (κ1) is 14.5. The molecule has 0 unspecified atom stereocenters. The average molecular weight is 292 g/mol. The summed E-state index contributed by atoms with van der Waals surface area (Å²) in [5, 5.41) is 3.38. The van der Waals surface area contributed by atoms with Crippen LogP contribution in [0.15, 0.2) is 18.2 Å². The van der Waals surface area contributed by atoms with Crippen LogP contribution in [-0.2, 0) is 6.18 Å². The molecule has 1 aliphatic carbocycles. The van der Waals surface area contributed by atoms with Crippen LogP contribution in [0.5, 0.6) is 0 Å². The van der Waals surface area contributed by atoms with Crippen molar-refractivity contribution in [2.45, 2.75) is 44.8 Å². The summed E-state index contributed by atoms with van der Waals surface area (Å²) >= 11 is 5.92. The molecule has 19 heavy (non-hydrogen) atoms. The molecule has 2 rings (SSSR count). The summed E-state index contributed by atoms with van der Waals surface area (Å²) in [6, 6.07) is 3.78. The Morgan fingerprint density at radius 1 is 1.16 bits per heavy atom. The van der Waals surface area contributed by atoms with Crippen LogP contribution in [-0.4, -0.2) is 6.04 Å². The average Bonchev–Trinajstić information content (AvgIpc) is 2.33. The van der Waals surface area contributed by atoms with E-state index < -0.39 is 11.7 Å². The second-order valence-electron chi connectivity index (χ2n) is 5.29. The Morgan fingerprint density at radius 2 is 1.79 bits per heavy atom. The highest BCUT2D eigenvalue weighted by atomic mass is 35.5.